The first-order valence-corrected chi connectivity index (χ1v) is 12.0. The van der Waals surface area contributed by atoms with E-state index in [0.717, 1.165) is 47.4 Å². The van der Waals surface area contributed by atoms with Crippen molar-refractivity contribution in [2.24, 2.45) is 5.73 Å². The smallest absolute Gasteiger partial charge is 0.341 e. The maximum atomic E-state index is 13.3. The molecule has 0 unspecified atom stereocenters. The van der Waals surface area contributed by atoms with Gasteiger partial charge in [0.15, 0.2) is 5.78 Å². The molecule has 2 aromatic heterocycles. The molecule has 0 aromatic carbocycles. The van der Waals surface area contributed by atoms with Crippen molar-refractivity contribution >= 4 is 28.1 Å². The number of nitriles is 1. The Morgan fingerprint density at radius 3 is 2.82 bits per heavy atom. The Bertz CT molecular complexity index is 1250. The fraction of sp³-hybridized carbons (Fsp3) is 0.360. The molecule has 2 aliphatic carbocycles. The number of thiophene rings is 1. The third-order valence-corrected chi connectivity index (χ3v) is 7.95. The highest BCUT2D eigenvalue weighted by molar-refractivity contribution is 7.16. The Labute approximate surface area is 196 Å². The number of nitrogens with zero attached hydrogens (tertiary/aromatic N) is 3. The zero-order valence-corrected chi connectivity index (χ0v) is 19.2. The number of carbonyl (C=O) groups excluding carboxylic acids is 2. The lowest BCUT2D eigenvalue weighted by Gasteiger charge is -2.39. The lowest BCUT2D eigenvalue weighted by atomic mass is 9.76. The van der Waals surface area contributed by atoms with E-state index in [4.69, 9.17) is 10.5 Å². The van der Waals surface area contributed by atoms with E-state index in [-0.39, 0.29) is 11.6 Å². The number of pyridine rings is 1. The number of nitrogens with two attached hydrogens (primary N) is 1. The number of hydrogen-bond acceptors (Lipinski definition) is 8. The third kappa shape index (κ3) is 3.35. The Kier molecular flexibility index (Phi) is 5.51. The maximum Gasteiger partial charge on any atom is 0.341 e. The summed E-state index contributed by atoms with van der Waals surface area (Å²) in [6.45, 7) is 0. The van der Waals surface area contributed by atoms with Gasteiger partial charge in [-0.15, -0.1) is 11.3 Å². The quantitative estimate of drug-likeness (QED) is 0.686. The number of esters is 1. The van der Waals surface area contributed by atoms with E-state index < -0.39 is 11.9 Å². The van der Waals surface area contributed by atoms with Gasteiger partial charge in [-0.1, -0.05) is 6.07 Å². The molecule has 1 aliphatic heterocycles. The molecule has 168 valence electrons. The average molecular weight is 461 g/mol. The topological polar surface area (TPSA) is 109 Å². The van der Waals surface area contributed by atoms with Gasteiger partial charge in [0.1, 0.15) is 10.8 Å². The summed E-state index contributed by atoms with van der Waals surface area (Å²) in [6.07, 6.45) is 8.89. The van der Waals surface area contributed by atoms with E-state index in [0.29, 0.717) is 41.0 Å². The lowest BCUT2D eigenvalue weighted by Crippen LogP contribution is -2.39. The number of Topliss-reactive ketones (excluding diaryl/α,β-unsaturated/α-hetero) is 1. The second kappa shape index (κ2) is 8.49. The number of ether oxygens (including phenoxy) is 1. The van der Waals surface area contributed by atoms with Crippen molar-refractivity contribution in [1.82, 2.24) is 4.98 Å². The van der Waals surface area contributed by atoms with Crippen molar-refractivity contribution in [3.8, 4) is 6.07 Å². The fourth-order valence-corrected chi connectivity index (χ4v) is 6.64. The Morgan fingerprint density at radius 2 is 2.09 bits per heavy atom. The van der Waals surface area contributed by atoms with Crippen LogP contribution in [-0.4, -0.2) is 23.8 Å². The SMILES string of the molecule is COC(=O)c1c(N2C(N)=C(C#N)[C@H](c3cccnc3)C3=C2CCCC3=O)sc2c1CCCC2. The van der Waals surface area contributed by atoms with Crippen LogP contribution in [0.5, 0.6) is 0 Å². The van der Waals surface area contributed by atoms with Crippen molar-refractivity contribution in [2.45, 2.75) is 50.9 Å². The molecule has 0 bridgehead atoms. The first-order valence-electron chi connectivity index (χ1n) is 11.2. The van der Waals surface area contributed by atoms with Gasteiger partial charge in [-0.3, -0.25) is 14.7 Å². The number of hydrogen-bond donors (Lipinski definition) is 1. The minimum absolute atomic E-state index is 0.0105. The standard InChI is InChI=1S/C25H24N4O3S/c1-32-25(31)21-15-7-2-3-10-19(15)33-24(21)29-17-8-4-9-18(30)22(17)20(16(12-26)23(29)27)14-6-5-11-28-13-14/h5-6,11,13,20H,2-4,7-10,27H2,1H3/t20-/m0/s1. The molecular formula is C25H24N4O3S. The number of carbonyl (C=O) groups is 2. The highest BCUT2D eigenvalue weighted by Gasteiger charge is 2.42. The molecule has 8 heteroatoms. The minimum atomic E-state index is -0.557. The highest BCUT2D eigenvalue weighted by atomic mass is 32.1. The van der Waals surface area contributed by atoms with Crippen LogP contribution < -0.4 is 10.6 Å². The molecule has 2 aromatic rings. The highest BCUT2D eigenvalue weighted by Crippen LogP contribution is 2.50. The van der Waals surface area contributed by atoms with Gasteiger partial charge in [0, 0.05) is 35.0 Å². The molecule has 33 heavy (non-hydrogen) atoms. The van der Waals surface area contributed by atoms with E-state index in [2.05, 4.69) is 11.1 Å². The van der Waals surface area contributed by atoms with Crippen LogP contribution in [0.4, 0.5) is 5.00 Å². The number of methoxy groups -OCH3 is 1. The maximum absolute atomic E-state index is 13.3. The van der Waals surface area contributed by atoms with E-state index in [1.165, 1.54) is 18.4 Å². The molecule has 5 rings (SSSR count). The second-order valence-electron chi connectivity index (χ2n) is 8.49. The van der Waals surface area contributed by atoms with Gasteiger partial charge in [0.2, 0.25) is 0 Å². The largest absolute Gasteiger partial charge is 0.465 e. The predicted molar refractivity (Wildman–Crippen MR) is 124 cm³/mol. The van der Waals surface area contributed by atoms with Crippen LogP contribution >= 0.6 is 11.3 Å². The molecular weight excluding hydrogens is 436 g/mol. The van der Waals surface area contributed by atoms with Gasteiger partial charge in [-0.05, 0) is 55.7 Å². The summed E-state index contributed by atoms with van der Waals surface area (Å²) in [7, 11) is 1.38. The van der Waals surface area contributed by atoms with Crippen molar-refractivity contribution in [1.29, 1.82) is 5.26 Å². The summed E-state index contributed by atoms with van der Waals surface area (Å²) < 4.78 is 5.16. The third-order valence-electron chi connectivity index (χ3n) is 6.68. The lowest BCUT2D eigenvalue weighted by molar-refractivity contribution is -0.116. The Morgan fingerprint density at radius 1 is 1.27 bits per heavy atom. The molecule has 0 saturated carbocycles. The van der Waals surface area contributed by atoms with Crippen molar-refractivity contribution in [3.63, 3.8) is 0 Å². The summed E-state index contributed by atoms with van der Waals surface area (Å²) in [5.74, 6) is -0.687. The van der Waals surface area contributed by atoms with Gasteiger partial charge < -0.3 is 10.5 Å². The summed E-state index contributed by atoms with van der Waals surface area (Å²) in [4.78, 5) is 33.3. The van der Waals surface area contributed by atoms with E-state index in [1.807, 2.05) is 6.07 Å². The number of aryl methyl sites for hydroxylation is 1. The number of allylic oxidation sites excluding steroid dienone is 3. The summed E-state index contributed by atoms with van der Waals surface area (Å²) >= 11 is 1.53. The van der Waals surface area contributed by atoms with Crippen LogP contribution in [0.15, 0.2) is 47.2 Å². The molecule has 0 saturated heterocycles. The van der Waals surface area contributed by atoms with Crippen LogP contribution in [0.25, 0.3) is 0 Å². The Hall–Kier alpha value is -3.44. The van der Waals surface area contributed by atoms with Crippen LogP contribution in [0, 0.1) is 11.3 Å². The first-order chi connectivity index (χ1) is 16.1. The summed E-state index contributed by atoms with van der Waals surface area (Å²) in [5, 5.41) is 10.8. The molecule has 2 N–H and O–H groups in total. The van der Waals surface area contributed by atoms with Gasteiger partial charge in [-0.25, -0.2) is 4.79 Å². The fourth-order valence-electron chi connectivity index (χ4n) is 5.22. The van der Waals surface area contributed by atoms with Gasteiger partial charge in [0.25, 0.3) is 0 Å². The number of aromatic nitrogens is 1. The Balaban J connectivity index is 1.78. The molecule has 0 amide bonds. The average Bonchev–Trinajstić information content (AvgIpc) is 3.22. The van der Waals surface area contributed by atoms with Gasteiger partial charge >= 0.3 is 5.97 Å². The normalized spacial score (nSPS) is 20.3. The van der Waals surface area contributed by atoms with Gasteiger partial charge in [0.05, 0.1) is 30.2 Å². The predicted octanol–water partition coefficient (Wildman–Crippen LogP) is 4.11. The number of fused-ring (bicyclic) bond motifs is 1. The first kappa shape index (κ1) is 21.4. The zero-order chi connectivity index (χ0) is 23.1. The number of ketones is 1. The molecule has 3 heterocycles. The molecule has 0 spiro atoms. The number of rotatable bonds is 3. The molecule has 3 aliphatic rings. The minimum Gasteiger partial charge on any atom is -0.465 e. The van der Waals surface area contributed by atoms with Crippen LogP contribution in [0.3, 0.4) is 0 Å². The summed E-state index contributed by atoms with van der Waals surface area (Å²) in [5.41, 5.74) is 10.6. The van der Waals surface area contributed by atoms with Crippen LogP contribution in [0.2, 0.25) is 0 Å². The molecule has 1 atom stereocenters. The van der Waals surface area contributed by atoms with Crippen LogP contribution in [0.1, 0.15) is 64.4 Å². The van der Waals surface area contributed by atoms with E-state index in [9.17, 15) is 14.9 Å². The molecule has 7 nitrogen and oxygen atoms in total. The second-order valence-corrected chi connectivity index (χ2v) is 9.57. The van der Waals surface area contributed by atoms with E-state index >= 15 is 0 Å². The number of anilines is 1. The monoisotopic (exact) mass is 460 g/mol. The van der Waals surface area contributed by atoms with Crippen molar-refractivity contribution < 1.29 is 14.3 Å². The van der Waals surface area contributed by atoms with E-state index in [1.54, 1.807) is 23.4 Å². The van der Waals surface area contributed by atoms with Crippen LogP contribution in [-0.2, 0) is 22.4 Å². The van der Waals surface area contributed by atoms with Crippen molar-refractivity contribution in [3.05, 3.63) is 68.8 Å². The molecule has 0 fully saturated rings. The molecule has 0 radical (unpaired) electrons. The van der Waals surface area contributed by atoms with Crippen molar-refractivity contribution in [2.75, 3.05) is 12.0 Å². The zero-order valence-electron chi connectivity index (χ0n) is 18.4. The van der Waals surface area contributed by atoms with Gasteiger partial charge in [-0.2, -0.15) is 5.26 Å². The summed E-state index contributed by atoms with van der Waals surface area (Å²) in [6, 6.07) is 5.93.